The molecule has 0 bridgehead atoms. The molecular weight excluding hydrogens is 370 g/mol. The fraction of sp³-hybridized carbons (Fsp3) is 0.136. The van der Waals surface area contributed by atoms with Gasteiger partial charge in [0, 0.05) is 11.9 Å². The molecule has 2 N–H and O–H groups in total. The van der Waals surface area contributed by atoms with Crippen LogP contribution in [0.25, 0.3) is 16.8 Å². The number of nitrogens with zero attached hydrogens (tertiary/aromatic N) is 2. The smallest absolute Gasteiger partial charge is 0.357 e. The standard InChI is InChI=1S/C22H19N3O4/c1-3-29-21(26)16-6-4-14(5-7-16)15-8-10-18(11-9-15)25-13-17(12-23)19(24)20(25)22(27)28-2/h4-11,13H,3,24H2,1-2H3. The summed E-state index contributed by atoms with van der Waals surface area (Å²) in [5.41, 5.74) is 9.30. The highest BCUT2D eigenvalue weighted by Gasteiger charge is 2.21. The molecular formula is C22H19N3O4. The summed E-state index contributed by atoms with van der Waals surface area (Å²) in [7, 11) is 1.26. The normalized spacial score (nSPS) is 10.2. The van der Waals surface area contributed by atoms with Crippen molar-refractivity contribution in [3.63, 3.8) is 0 Å². The predicted octanol–water partition coefficient (Wildman–Crippen LogP) is 3.56. The SMILES string of the molecule is CCOC(=O)c1ccc(-c2ccc(-n3cc(C#N)c(N)c3C(=O)OC)cc2)cc1. The zero-order valence-corrected chi connectivity index (χ0v) is 16.0. The van der Waals surface area contributed by atoms with Crippen molar-refractivity contribution in [3.05, 3.63) is 71.5 Å². The summed E-state index contributed by atoms with van der Waals surface area (Å²) < 4.78 is 11.3. The number of carbonyl (C=O) groups is 2. The van der Waals surface area contributed by atoms with Crippen LogP contribution in [-0.4, -0.2) is 30.2 Å². The molecule has 0 atom stereocenters. The molecule has 0 aliphatic heterocycles. The zero-order valence-electron chi connectivity index (χ0n) is 16.0. The molecule has 0 amide bonds. The van der Waals surface area contributed by atoms with Gasteiger partial charge in [0.2, 0.25) is 0 Å². The van der Waals surface area contributed by atoms with Crippen LogP contribution in [0.15, 0.2) is 54.7 Å². The van der Waals surface area contributed by atoms with Crippen molar-refractivity contribution in [3.8, 4) is 22.9 Å². The van der Waals surface area contributed by atoms with Crippen molar-refractivity contribution in [1.29, 1.82) is 5.26 Å². The summed E-state index contributed by atoms with van der Waals surface area (Å²) in [6.45, 7) is 2.09. The Bertz CT molecular complexity index is 1090. The Balaban J connectivity index is 1.93. The number of ether oxygens (including phenoxy) is 2. The van der Waals surface area contributed by atoms with E-state index in [0.29, 0.717) is 17.9 Å². The Morgan fingerprint density at radius 3 is 2.14 bits per heavy atom. The van der Waals surface area contributed by atoms with Crippen LogP contribution in [0.3, 0.4) is 0 Å². The van der Waals surface area contributed by atoms with Gasteiger partial charge in [-0.05, 0) is 42.3 Å². The van der Waals surface area contributed by atoms with Gasteiger partial charge in [0.05, 0.1) is 30.5 Å². The third kappa shape index (κ3) is 3.82. The number of nitriles is 1. The number of methoxy groups -OCH3 is 1. The number of nitrogen functional groups attached to an aromatic ring is 1. The molecule has 7 heteroatoms. The number of hydrogen-bond acceptors (Lipinski definition) is 6. The second kappa shape index (κ2) is 8.31. The summed E-state index contributed by atoms with van der Waals surface area (Å²) in [4.78, 5) is 23.9. The van der Waals surface area contributed by atoms with Gasteiger partial charge in [-0.2, -0.15) is 5.26 Å². The Morgan fingerprint density at radius 2 is 1.62 bits per heavy atom. The highest BCUT2D eigenvalue weighted by Crippen LogP contribution is 2.27. The van der Waals surface area contributed by atoms with Gasteiger partial charge in [-0.3, -0.25) is 0 Å². The van der Waals surface area contributed by atoms with Crippen LogP contribution in [-0.2, 0) is 9.47 Å². The summed E-state index contributed by atoms with van der Waals surface area (Å²) in [5.74, 6) is -0.981. The molecule has 0 saturated heterocycles. The van der Waals surface area contributed by atoms with Gasteiger partial charge < -0.3 is 19.8 Å². The third-order valence-corrected chi connectivity index (χ3v) is 4.42. The Hall–Kier alpha value is -4.05. The van der Waals surface area contributed by atoms with Crippen molar-refractivity contribution in [2.75, 3.05) is 19.5 Å². The van der Waals surface area contributed by atoms with Gasteiger partial charge in [-0.25, -0.2) is 9.59 Å². The second-order valence-electron chi connectivity index (χ2n) is 6.12. The van der Waals surface area contributed by atoms with Crippen LogP contribution in [0.2, 0.25) is 0 Å². The van der Waals surface area contributed by atoms with Crippen LogP contribution in [0.4, 0.5) is 5.69 Å². The summed E-state index contributed by atoms with van der Waals surface area (Å²) in [6.07, 6.45) is 1.50. The van der Waals surface area contributed by atoms with E-state index in [1.165, 1.54) is 17.9 Å². The van der Waals surface area contributed by atoms with Crippen molar-refractivity contribution < 1.29 is 19.1 Å². The lowest BCUT2D eigenvalue weighted by Gasteiger charge is -2.10. The van der Waals surface area contributed by atoms with Gasteiger partial charge in [0.25, 0.3) is 0 Å². The third-order valence-electron chi connectivity index (χ3n) is 4.42. The molecule has 3 aromatic rings. The first kappa shape index (κ1) is 19.7. The molecule has 0 unspecified atom stereocenters. The first-order valence-corrected chi connectivity index (χ1v) is 8.87. The lowest BCUT2D eigenvalue weighted by Crippen LogP contribution is -2.11. The van der Waals surface area contributed by atoms with E-state index in [9.17, 15) is 14.9 Å². The molecule has 0 fully saturated rings. The Labute approximate surface area is 167 Å². The minimum Gasteiger partial charge on any atom is -0.464 e. The average molecular weight is 389 g/mol. The van der Waals surface area contributed by atoms with Crippen molar-refractivity contribution in [1.82, 2.24) is 4.57 Å². The Kier molecular flexibility index (Phi) is 5.65. The molecule has 7 nitrogen and oxygen atoms in total. The number of anilines is 1. The minimum atomic E-state index is -0.623. The highest BCUT2D eigenvalue weighted by atomic mass is 16.5. The summed E-state index contributed by atoms with van der Waals surface area (Å²) in [6, 6.07) is 16.4. The molecule has 0 aliphatic rings. The van der Waals surface area contributed by atoms with E-state index >= 15 is 0 Å². The van der Waals surface area contributed by atoms with Crippen LogP contribution in [0.5, 0.6) is 0 Å². The van der Waals surface area contributed by atoms with E-state index in [4.69, 9.17) is 15.2 Å². The molecule has 0 aliphatic carbocycles. The first-order chi connectivity index (χ1) is 14.0. The number of hydrogen-bond donors (Lipinski definition) is 1. The lowest BCUT2D eigenvalue weighted by molar-refractivity contribution is 0.0525. The molecule has 0 spiro atoms. The number of rotatable bonds is 5. The van der Waals surface area contributed by atoms with E-state index < -0.39 is 5.97 Å². The maximum absolute atomic E-state index is 12.1. The quantitative estimate of drug-likeness (QED) is 0.669. The van der Waals surface area contributed by atoms with Gasteiger partial charge in [-0.15, -0.1) is 0 Å². The highest BCUT2D eigenvalue weighted by molar-refractivity contribution is 5.96. The number of carbonyl (C=O) groups excluding carboxylic acids is 2. The number of esters is 2. The van der Waals surface area contributed by atoms with Crippen LogP contribution in [0.1, 0.15) is 33.3 Å². The van der Waals surface area contributed by atoms with Crippen molar-refractivity contribution in [2.24, 2.45) is 0 Å². The molecule has 1 heterocycles. The number of benzene rings is 2. The van der Waals surface area contributed by atoms with E-state index in [0.717, 1.165) is 11.1 Å². The fourth-order valence-electron chi connectivity index (χ4n) is 2.95. The fourth-order valence-corrected chi connectivity index (χ4v) is 2.95. The van der Waals surface area contributed by atoms with Gasteiger partial charge in [0.15, 0.2) is 5.69 Å². The number of nitrogens with two attached hydrogens (primary N) is 1. The Morgan fingerprint density at radius 1 is 1.03 bits per heavy atom. The lowest BCUT2D eigenvalue weighted by atomic mass is 10.0. The van der Waals surface area contributed by atoms with E-state index in [1.807, 2.05) is 42.5 Å². The second-order valence-corrected chi connectivity index (χ2v) is 6.12. The van der Waals surface area contributed by atoms with Crippen LogP contribution >= 0.6 is 0 Å². The topological polar surface area (TPSA) is 107 Å². The van der Waals surface area contributed by atoms with Crippen LogP contribution < -0.4 is 5.73 Å². The summed E-state index contributed by atoms with van der Waals surface area (Å²) in [5, 5.41) is 9.22. The maximum atomic E-state index is 12.1. The predicted molar refractivity (Wildman–Crippen MR) is 108 cm³/mol. The van der Waals surface area contributed by atoms with Crippen molar-refractivity contribution >= 4 is 17.6 Å². The molecule has 1 aromatic heterocycles. The molecule has 29 heavy (non-hydrogen) atoms. The largest absolute Gasteiger partial charge is 0.464 e. The molecule has 0 radical (unpaired) electrons. The van der Waals surface area contributed by atoms with E-state index in [1.54, 1.807) is 19.1 Å². The zero-order chi connectivity index (χ0) is 21.0. The van der Waals surface area contributed by atoms with Crippen molar-refractivity contribution in [2.45, 2.75) is 6.92 Å². The molecule has 3 rings (SSSR count). The first-order valence-electron chi connectivity index (χ1n) is 8.87. The van der Waals surface area contributed by atoms with E-state index in [-0.39, 0.29) is 22.9 Å². The maximum Gasteiger partial charge on any atom is 0.357 e. The van der Waals surface area contributed by atoms with Gasteiger partial charge in [0.1, 0.15) is 6.07 Å². The van der Waals surface area contributed by atoms with Gasteiger partial charge >= 0.3 is 11.9 Å². The summed E-state index contributed by atoms with van der Waals surface area (Å²) >= 11 is 0. The monoisotopic (exact) mass is 389 g/mol. The average Bonchev–Trinajstić information content (AvgIpc) is 3.10. The number of aromatic nitrogens is 1. The minimum absolute atomic E-state index is 0.0815. The molecule has 0 saturated carbocycles. The molecule has 2 aromatic carbocycles. The molecule has 146 valence electrons. The van der Waals surface area contributed by atoms with E-state index in [2.05, 4.69) is 0 Å². The van der Waals surface area contributed by atoms with Crippen LogP contribution in [0, 0.1) is 11.3 Å². The van der Waals surface area contributed by atoms with Gasteiger partial charge in [-0.1, -0.05) is 24.3 Å².